The number of amides is 1. The monoisotopic (exact) mass is 396 g/mol. The van der Waals surface area contributed by atoms with Crippen LogP contribution >= 0.6 is 11.6 Å². The summed E-state index contributed by atoms with van der Waals surface area (Å²) in [5.74, 6) is -0.340. The standard InChI is InChI=1S/C21H21ClN4O2/c1-4-19(20(27)24-17-7-5-6-16(22)14(17)3)26-21(28)25-18(12-23-26)15-10-8-13(2)9-11-15/h5-12,19H,4H2,1-3H3,(H,24,27). The maximum Gasteiger partial charge on any atom is 0.365 e. The van der Waals surface area contributed by atoms with Gasteiger partial charge in [-0.25, -0.2) is 9.48 Å². The van der Waals surface area contributed by atoms with Crippen LogP contribution < -0.4 is 11.0 Å². The molecule has 0 spiro atoms. The van der Waals surface area contributed by atoms with E-state index in [1.54, 1.807) is 18.2 Å². The Balaban J connectivity index is 1.87. The lowest BCUT2D eigenvalue weighted by molar-refractivity contribution is -0.119. The molecule has 1 heterocycles. The molecule has 3 aromatic rings. The number of nitrogens with zero attached hydrogens (tertiary/aromatic N) is 3. The van der Waals surface area contributed by atoms with Crippen molar-refractivity contribution in [1.82, 2.24) is 14.8 Å². The summed E-state index contributed by atoms with van der Waals surface area (Å²) in [4.78, 5) is 29.4. The van der Waals surface area contributed by atoms with Gasteiger partial charge in [-0.2, -0.15) is 10.1 Å². The topological polar surface area (TPSA) is 76.9 Å². The molecule has 1 unspecified atom stereocenters. The van der Waals surface area contributed by atoms with Crippen LogP contribution in [0.15, 0.2) is 53.5 Å². The molecule has 7 heteroatoms. The number of hydrogen-bond acceptors (Lipinski definition) is 4. The van der Waals surface area contributed by atoms with Gasteiger partial charge in [0.15, 0.2) is 0 Å². The molecule has 1 amide bonds. The van der Waals surface area contributed by atoms with E-state index in [-0.39, 0.29) is 5.91 Å². The van der Waals surface area contributed by atoms with Gasteiger partial charge < -0.3 is 5.32 Å². The second-order valence-corrected chi connectivity index (χ2v) is 6.97. The summed E-state index contributed by atoms with van der Waals surface area (Å²) in [5, 5.41) is 7.60. The second kappa shape index (κ2) is 8.35. The molecular weight excluding hydrogens is 376 g/mol. The third-order valence-corrected chi connectivity index (χ3v) is 4.98. The van der Waals surface area contributed by atoms with E-state index in [9.17, 15) is 9.59 Å². The summed E-state index contributed by atoms with van der Waals surface area (Å²) in [6.45, 7) is 5.62. The Labute approximate surface area is 168 Å². The highest BCUT2D eigenvalue weighted by Crippen LogP contribution is 2.24. The first-order valence-corrected chi connectivity index (χ1v) is 9.37. The molecule has 0 aliphatic heterocycles. The fourth-order valence-corrected chi connectivity index (χ4v) is 3.03. The maximum absolute atomic E-state index is 12.8. The smallest absolute Gasteiger partial charge is 0.324 e. The quantitative estimate of drug-likeness (QED) is 0.702. The largest absolute Gasteiger partial charge is 0.365 e. The maximum atomic E-state index is 12.8. The van der Waals surface area contributed by atoms with Gasteiger partial charge in [-0.05, 0) is 38.0 Å². The Hall–Kier alpha value is -2.99. The summed E-state index contributed by atoms with van der Waals surface area (Å²) >= 11 is 6.11. The van der Waals surface area contributed by atoms with Gasteiger partial charge in [0.1, 0.15) is 6.04 Å². The predicted molar refractivity (Wildman–Crippen MR) is 111 cm³/mol. The van der Waals surface area contributed by atoms with Crippen molar-refractivity contribution < 1.29 is 4.79 Å². The number of aromatic nitrogens is 3. The fraction of sp³-hybridized carbons (Fsp3) is 0.238. The number of anilines is 1. The Morgan fingerprint density at radius 2 is 1.89 bits per heavy atom. The predicted octanol–water partition coefficient (Wildman–Crippen LogP) is 4.17. The van der Waals surface area contributed by atoms with Crippen molar-refractivity contribution in [1.29, 1.82) is 0 Å². The van der Waals surface area contributed by atoms with E-state index in [0.717, 1.165) is 21.4 Å². The summed E-state index contributed by atoms with van der Waals surface area (Å²) in [7, 11) is 0. The van der Waals surface area contributed by atoms with Gasteiger partial charge in [-0.3, -0.25) is 4.79 Å². The van der Waals surface area contributed by atoms with E-state index < -0.39 is 11.7 Å². The molecule has 0 aliphatic rings. The van der Waals surface area contributed by atoms with Crippen LogP contribution in [0.3, 0.4) is 0 Å². The van der Waals surface area contributed by atoms with Crippen molar-refractivity contribution in [2.24, 2.45) is 0 Å². The van der Waals surface area contributed by atoms with E-state index in [1.807, 2.05) is 45.0 Å². The number of rotatable bonds is 5. The summed E-state index contributed by atoms with van der Waals surface area (Å²) in [5.41, 5.74) is 3.19. The van der Waals surface area contributed by atoms with Crippen LogP contribution in [0.25, 0.3) is 11.3 Å². The van der Waals surface area contributed by atoms with Crippen LogP contribution in [0, 0.1) is 13.8 Å². The number of halogens is 1. The highest BCUT2D eigenvalue weighted by atomic mass is 35.5. The van der Waals surface area contributed by atoms with E-state index in [0.29, 0.717) is 22.8 Å². The minimum atomic E-state index is -0.773. The van der Waals surface area contributed by atoms with Crippen molar-refractivity contribution in [2.45, 2.75) is 33.2 Å². The zero-order chi connectivity index (χ0) is 20.3. The lowest BCUT2D eigenvalue weighted by Crippen LogP contribution is -2.36. The molecule has 0 radical (unpaired) electrons. The summed E-state index contributed by atoms with van der Waals surface area (Å²) < 4.78 is 1.12. The molecule has 0 fully saturated rings. The number of hydrogen-bond donors (Lipinski definition) is 1. The minimum Gasteiger partial charge on any atom is -0.324 e. The van der Waals surface area contributed by atoms with Gasteiger partial charge in [-0.15, -0.1) is 0 Å². The number of carbonyl (C=O) groups excluding carboxylic acids is 1. The lowest BCUT2D eigenvalue weighted by atomic mass is 10.1. The fourth-order valence-electron chi connectivity index (χ4n) is 2.85. The third-order valence-electron chi connectivity index (χ3n) is 4.57. The van der Waals surface area contributed by atoms with Crippen molar-refractivity contribution >= 4 is 23.2 Å². The molecule has 0 saturated carbocycles. The lowest BCUT2D eigenvalue weighted by Gasteiger charge is -2.17. The van der Waals surface area contributed by atoms with Gasteiger partial charge in [0.2, 0.25) is 5.91 Å². The van der Waals surface area contributed by atoms with Gasteiger partial charge in [0.05, 0.1) is 11.9 Å². The molecule has 3 rings (SSSR count). The Kier molecular flexibility index (Phi) is 5.90. The van der Waals surface area contributed by atoms with E-state index in [4.69, 9.17) is 11.6 Å². The molecule has 1 aromatic heterocycles. The van der Waals surface area contributed by atoms with Gasteiger partial charge >= 0.3 is 5.69 Å². The van der Waals surface area contributed by atoms with E-state index in [1.165, 1.54) is 6.20 Å². The Morgan fingerprint density at radius 3 is 2.54 bits per heavy atom. The van der Waals surface area contributed by atoms with Crippen molar-refractivity contribution in [2.75, 3.05) is 5.32 Å². The summed E-state index contributed by atoms with van der Waals surface area (Å²) in [6, 6.07) is 12.2. The van der Waals surface area contributed by atoms with Crippen LogP contribution in [0.2, 0.25) is 5.02 Å². The molecular formula is C21H21ClN4O2. The highest BCUT2D eigenvalue weighted by molar-refractivity contribution is 6.31. The first kappa shape index (κ1) is 19.8. The molecule has 0 saturated heterocycles. The number of benzene rings is 2. The molecule has 2 aromatic carbocycles. The summed E-state index contributed by atoms with van der Waals surface area (Å²) in [6.07, 6.45) is 1.90. The van der Waals surface area contributed by atoms with Crippen LogP contribution in [-0.4, -0.2) is 20.7 Å². The van der Waals surface area contributed by atoms with Gasteiger partial charge in [0, 0.05) is 16.3 Å². The van der Waals surface area contributed by atoms with Crippen LogP contribution in [-0.2, 0) is 4.79 Å². The Bertz CT molecular complexity index is 1060. The molecule has 28 heavy (non-hydrogen) atoms. The minimum absolute atomic E-state index is 0.340. The van der Waals surface area contributed by atoms with Gasteiger partial charge in [-0.1, -0.05) is 54.4 Å². The average Bonchev–Trinajstić information content (AvgIpc) is 2.68. The van der Waals surface area contributed by atoms with Crippen LogP contribution in [0.4, 0.5) is 5.69 Å². The molecule has 0 aliphatic carbocycles. The third kappa shape index (κ3) is 4.12. The molecule has 0 bridgehead atoms. The number of nitrogens with one attached hydrogen (secondary N) is 1. The van der Waals surface area contributed by atoms with Crippen molar-refractivity contribution in [3.8, 4) is 11.3 Å². The van der Waals surface area contributed by atoms with E-state index in [2.05, 4.69) is 15.4 Å². The van der Waals surface area contributed by atoms with Gasteiger partial charge in [0.25, 0.3) is 0 Å². The first-order valence-electron chi connectivity index (χ1n) is 8.99. The molecule has 6 nitrogen and oxygen atoms in total. The van der Waals surface area contributed by atoms with Crippen molar-refractivity contribution in [3.05, 3.63) is 75.3 Å². The zero-order valence-electron chi connectivity index (χ0n) is 15.9. The zero-order valence-corrected chi connectivity index (χ0v) is 16.7. The van der Waals surface area contributed by atoms with E-state index >= 15 is 0 Å². The first-order chi connectivity index (χ1) is 13.4. The molecule has 1 atom stereocenters. The number of carbonyl (C=O) groups is 1. The van der Waals surface area contributed by atoms with Crippen LogP contribution in [0.1, 0.15) is 30.5 Å². The van der Waals surface area contributed by atoms with Crippen molar-refractivity contribution in [3.63, 3.8) is 0 Å². The number of aryl methyl sites for hydroxylation is 1. The molecule has 144 valence electrons. The van der Waals surface area contributed by atoms with Crippen LogP contribution in [0.5, 0.6) is 0 Å². The molecule has 1 N–H and O–H groups in total. The Morgan fingerprint density at radius 1 is 1.18 bits per heavy atom. The second-order valence-electron chi connectivity index (χ2n) is 6.56. The normalized spacial score (nSPS) is 11.9. The SMILES string of the molecule is CCC(C(=O)Nc1cccc(Cl)c1C)n1ncc(-c2ccc(C)cc2)nc1=O. The average molecular weight is 397 g/mol. The highest BCUT2D eigenvalue weighted by Gasteiger charge is 2.22.